The predicted octanol–water partition coefficient (Wildman–Crippen LogP) is 1.91. The molecule has 124 valence electrons. The summed E-state index contributed by atoms with van der Waals surface area (Å²) in [6.07, 6.45) is 2.13. The molecule has 0 amide bonds. The average molecular weight is 322 g/mol. The zero-order chi connectivity index (χ0) is 16.1. The largest absolute Gasteiger partial charge is 0.480 e. The van der Waals surface area contributed by atoms with Crippen LogP contribution < -0.4 is 0 Å². The molecule has 2 bridgehead atoms. The van der Waals surface area contributed by atoms with E-state index in [1.54, 1.807) is 12.1 Å². The summed E-state index contributed by atoms with van der Waals surface area (Å²) in [5, 5.41) is 9.20. The minimum Gasteiger partial charge on any atom is -0.480 e. The van der Waals surface area contributed by atoms with Crippen molar-refractivity contribution in [3.8, 4) is 0 Å². The summed E-state index contributed by atoms with van der Waals surface area (Å²) in [4.78, 5) is 15.5. The summed E-state index contributed by atoms with van der Waals surface area (Å²) in [7, 11) is 0. The maximum absolute atomic E-state index is 14.3. The van der Waals surface area contributed by atoms with Gasteiger partial charge in [0.05, 0.1) is 6.54 Å². The maximum atomic E-state index is 14.3. The second-order valence-electron chi connectivity index (χ2n) is 6.93. The number of hydrogen-bond donors (Lipinski definition) is 1. The maximum Gasteiger partial charge on any atom is 0.317 e. The van der Waals surface area contributed by atoms with E-state index in [9.17, 15) is 18.7 Å². The van der Waals surface area contributed by atoms with Gasteiger partial charge in [0.1, 0.15) is 0 Å². The van der Waals surface area contributed by atoms with Crippen molar-refractivity contribution in [2.75, 3.05) is 26.2 Å². The number of likely N-dealkylation sites (tertiary alicyclic amines) is 1. The summed E-state index contributed by atoms with van der Waals surface area (Å²) < 4.78 is 28.0. The second kappa shape index (κ2) is 5.53. The van der Waals surface area contributed by atoms with Crippen molar-refractivity contribution in [2.24, 2.45) is 5.92 Å². The third kappa shape index (κ3) is 2.35. The molecule has 4 heterocycles. The van der Waals surface area contributed by atoms with E-state index >= 15 is 0 Å². The van der Waals surface area contributed by atoms with E-state index < -0.39 is 17.6 Å². The monoisotopic (exact) mass is 322 g/mol. The third-order valence-electron chi connectivity index (χ3n) is 5.81. The van der Waals surface area contributed by atoms with Crippen LogP contribution in [-0.2, 0) is 4.79 Å². The van der Waals surface area contributed by atoms with E-state index in [1.165, 1.54) is 0 Å². The van der Waals surface area contributed by atoms with Crippen LogP contribution in [0.25, 0.3) is 0 Å². The fourth-order valence-corrected chi connectivity index (χ4v) is 4.98. The molecule has 0 unspecified atom stereocenters. The van der Waals surface area contributed by atoms with E-state index in [4.69, 9.17) is 0 Å². The fourth-order valence-electron chi connectivity index (χ4n) is 4.98. The van der Waals surface area contributed by atoms with Crippen LogP contribution in [0.5, 0.6) is 0 Å². The first-order chi connectivity index (χ1) is 11.1. The predicted molar refractivity (Wildman–Crippen MR) is 80.2 cm³/mol. The number of benzene rings is 1. The van der Waals surface area contributed by atoms with Crippen LogP contribution in [0, 0.1) is 17.6 Å². The Morgan fingerprint density at radius 3 is 2.65 bits per heavy atom. The first-order valence-electron chi connectivity index (χ1n) is 8.20. The number of fused-ring (bicyclic) bond motifs is 2. The molecule has 1 N–H and O–H groups in total. The Bertz CT molecular complexity index is 631. The molecule has 4 fully saturated rings. The van der Waals surface area contributed by atoms with Crippen LogP contribution in [0.2, 0.25) is 0 Å². The van der Waals surface area contributed by atoms with Gasteiger partial charge in [0.15, 0.2) is 11.6 Å². The van der Waals surface area contributed by atoms with Crippen LogP contribution in [0.3, 0.4) is 0 Å². The topological polar surface area (TPSA) is 43.8 Å². The van der Waals surface area contributed by atoms with E-state index in [1.807, 2.05) is 4.90 Å². The average Bonchev–Trinajstić information content (AvgIpc) is 2.92. The van der Waals surface area contributed by atoms with Crippen molar-refractivity contribution >= 4 is 5.97 Å². The molecule has 4 saturated heterocycles. The molecule has 4 nitrogen and oxygen atoms in total. The van der Waals surface area contributed by atoms with Gasteiger partial charge in [0.25, 0.3) is 0 Å². The minimum absolute atomic E-state index is 0.0288. The van der Waals surface area contributed by atoms with Crippen molar-refractivity contribution < 1.29 is 18.7 Å². The van der Waals surface area contributed by atoms with Gasteiger partial charge in [0.2, 0.25) is 0 Å². The Morgan fingerprint density at radius 2 is 1.96 bits per heavy atom. The zero-order valence-corrected chi connectivity index (χ0v) is 12.8. The van der Waals surface area contributed by atoms with Crippen LogP contribution in [-0.4, -0.2) is 59.1 Å². The molecule has 6 heteroatoms. The smallest absolute Gasteiger partial charge is 0.317 e. The molecule has 0 aromatic heterocycles. The van der Waals surface area contributed by atoms with Crippen molar-refractivity contribution in [3.63, 3.8) is 0 Å². The molecule has 1 aromatic carbocycles. The lowest BCUT2D eigenvalue weighted by molar-refractivity contribution is -0.139. The van der Waals surface area contributed by atoms with Crippen LogP contribution in [0.15, 0.2) is 18.2 Å². The number of carboxylic acid groups (broad SMARTS) is 1. The molecule has 0 spiro atoms. The SMILES string of the molecule is O=C(O)CN1C[C@@H](c2cccc(F)c2F)[C@@H]2[C@H]1C1CCN2CC1. The molecule has 4 aliphatic heterocycles. The van der Waals surface area contributed by atoms with Gasteiger partial charge in [-0.05, 0) is 43.5 Å². The van der Waals surface area contributed by atoms with E-state index in [0.29, 0.717) is 18.0 Å². The van der Waals surface area contributed by atoms with Gasteiger partial charge >= 0.3 is 5.97 Å². The quantitative estimate of drug-likeness (QED) is 0.923. The normalized spacial score (nSPS) is 36.2. The van der Waals surface area contributed by atoms with Gasteiger partial charge in [-0.3, -0.25) is 14.6 Å². The molecule has 1 aromatic rings. The van der Waals surface area contributed by atoms with Crippen molar-refractivity contribution in [1.29, 1.82) is 0 Å². The lowest BCUT2D eigenvalue weighted by atomic mass is 9.75. The molecule has 3 atom stereocenters. The first kappa shape index (κ1) is 15.0. The highest BCUT2D eigenvalue weighted by atomic mass is 19.2. The van der Waals surface area contributed by atoms with Crippen molar-refractivity contribution in [2.45, 2.75) is 30.8 Å². The van der Waals surface area contributed by atoms with Gasteiger partial charge in [0, 0.05) is 24.5 Å². The number of carbonyl (C=O) groups is 1. The Morgan fingerprint density at radius 1 is 1.22 bits per heavy atom. The zero-order valence-electron chi connectivity index (χ0n) is 12.8. The number of carboxylic acids is 1. The van der Waals surface area contributed by atoms with Gasteiger partial charge in [-0.1, -0.05) is 12.1 Å². The summed E-state index contributed by atoms with van der Waals surface area (Å²) in [5.41, 5.74) is 0.389. The number of hydrogen-bond acceptors (Lipinski definition) is 3. The molecule has 0 saturated carbocycles. The van der Waals surface area contributed by atoms with Crippen molar-refractivity contribution in [3.05, 3.63) is 35.4 Å². The highest BCUT2D eigenvalue weighted by Crippen LogP contribution is 2.46. The van der Waals surface area contributed by atoms with Crippen LogP contribution in [0.4, 0.5) is 8.78 Å². The molecular weight excluding hydrogens is 302 g/mol. The molecule has 23 heavy (non-hydrogen) atoms. The standard InChI is InChI=1S/C17H20F2N2O2/c18-13-3-1-2-11(15(13)19)12-8-21(9-14(22)23)16-10-4-6-20(7-5-10)17(12)16/h1-3,10,12,16-17H,4-9H2,(H,22,23)/t12-,16+,17+/m0/s1. The Balaban J connectivity index is 1.72. The second-order valence-corrected chi connectivity index (χ2v) is 6.93. The molecular formula is C17H20F2N2O2. The molecule has 4 aliphatic rings. The Labute approximate surface area is 133 Å². The van der Waals surface area contributed by atoms with E-state index in [0.717, 1.165) is 32.0 Å². The number of halogens is 2. The van der Waals surface area contributed by atoms with Crippen LogP contribution >= 0.6 is 0 Å². The van der Waals surface area contributed by atoms with E-state index in [-0.39, 0.29) is 24.5 Å². The third-order valence-corrected chi connectivity index (χ3v) is 5.81. The summed E-state index contributed by atoms with van der Waals surface area (Å²) in [6.45, 7) is 2.40. The first-order valence-corrected chi connectivity index (χ1v) is 8.20. The fraction of sp³-hybridized carbons (Fsp3) is 0.588. The lowest BCUT2D eigenvalue weighted by Gasteiger charge is -2.51. The molecule has 0 aliphatic carbocycles. The van der Waals surface area contributed by atoms with Gasteiger partial charge in [-0.25, -0.2) is 8.78 Å². The van der Waals surface area contributed by atoms with Gasteiger partial charge in [-0.2, -0.15) is 0 Å². The molecule has 5 rings (SSSR count). The van der Waals surface area contributed by atoms with E-state index in [2.05, 4.69) is 4.90 Å². The van der Waals surface area contributed by atoms with Crippen LogP contribution in [0.1, 0.15) is 24.3 Å². The van der Waals surface area contributed by atoms with Gasteiger partial charge < -0.3 is 5.11 Å². The minimum atomic E-state index is -0.861. The molecule has 0 radical (unpaired) electrons. The Kier molecular flexibility index (Phi) is 3.61. The number of piperidine rings is 3. The summed E-state index contributed by atoms with van der Waals surface area (Å²) >= 11 is 0. The highest BCUT2D eigenvalue weighted by Gasteiger charge is 2.54. The number of rotatable bonds is 3. The summed E-state index contributed by atoms with van der Waals surface area (Å²) in [5.74, 6) is -2.17. The lowest BCUT2D eigenvalue weighted by Crippen LogP contribution is -2.60. The number of nitrogens with zero attached hydrogens (tertiary/aromatic N) is 2. The Hall–Kier alpha value is -1.53. The van der Waals surface area contributed by atoms with Gasteiger partial charge in [-0.15, -0.1) is 0 Å². The number of aliphatic carboxylic acids is 1. The van der Waals surface area contributed by atoms with Crippen molar-refractivity contribution in [1.82, 2.24) is 9.80 Å². The summed E-state index contributed by atoms with van der Waals surface area (Å²) in [6, 6.07) is 4.56. The highest BCUT2D eigenvalue weighted by molar-refractivity contribution is 5.69.